The average molecular weight is 285 g/mol. The van der Waals surface area contributed by atoms with E-state index in [4.69, 9.17) is 0 Å². The van der Waals surface area contributed by atoms with Crippen molar-refractivity contribution in [2.75, 3.05) is 24.6 Å². The van der Waals surface area contributed by atoms with E-state index in [1.54, 1.807) is 0 Å². The van der Waals surface area contributed by atoms with E-state index >= 15 is 0 Å². The second-order valence-electron chi connectivity index (χ2n) is 4.49. The van der Waals surface area contributed by atoms with E-state index in [0.29, 0.717) is 0 Å². The lowest BCUT2D eigenvalue weighted by molar-refractivity contribution is 0.0772. The summed E-state index contributed by atoms with van der Waals surface area (Å²) in [4.78, 5) is 14.3. The van der Waals surface area contributed by atoms with Gasteiger partial charge in [0.05, 0.1) is 0 Å². The van der Waals surface area contributed by atoms with Crippen LogP contribution in [0, 0.1) is 0 Å². The third-order valence-corrected chi connectivity index (χ3v) is 4.32. The molecule has 0 spiro atoms. The molecular weight excluding hydrogens is 268 g/mol. The summed E-state index contributed by atoms with van der Waals surface area (Å²) in [5.74, 6) is 2.33. The minimum atomic E-state index is 0. The van der Waals surface area contributed by atoms with Gasteiger partial charge in [-0.1, -0.05) is 6.07 Å². The van der Waals surface area contributed by atoms with E-state index < -0.39 is 0 Å². The minimum Gasteiger partial charge on any atom is -0.337 e. The highest BCUT2D eigenvalue weighted by molar-refractivity contribution is 7.99. The van der Waals surface area contributed by atoms with Gasteiger partial charge < -0.3 is 10.2 Å². The monoisotopic (exact) mass is 284 g/mol. The molecule has 2 heterocycles. The van der Waals surface area contributed by atoms with Crippen molar-refractivity contribution in [3.05, 3.63) is 34.9 Å². The van der Waals surface area contributed by atoms with Crippen molar-refractivity contribution < 1.29 is 4.79 Å². The minimum absolute atomic E-state index is 0. The van der Waals surface area contributed by atoms with Crippen molar-refractivity contribution in [2.45, 2.75) is 13.1 Å². The smallest absolute Gasteiger partial charge is 0.253 e. The highest BCUT2D eigenvalue weighted by Crippen LogP contribution is 2.19. The fourth-order valence-electron chi connectivity index (χ4n) is 2.38. The summed E-state index contributed by atoms with van der Waals surface area (Å²) in [5.41, 5.74) is 3.46. The molecule has 3 nitrogen and oxygen atoms in total. The summed E-state index contributed by atoms with van der Waals surface area (Å²) in [6, 6.07) is 6.11. The maximum absolute atomic E-state index is 12.3. The molecule has 2 aliphatic heterocycles. The molecule has 0 atom stereocenters. The maximum atomic E-state index is 12.3. The van der Waals surface area contributed by atoms with Crippen molar-refractivity contribution in [3.8, 4) is 0 Å². The van der Waals surface area contributed by atoms with Crippen LogP contribution in [0.2, 0.25) is 0 Å². The Labute approximate surface area is 118 Å². The van der Waals surface area contributed by atoms with Gasteiger partial charge in [0, 0.05) is 43.2 Å². The van der Waals surface area contributed by atoms with Gasteiger partial charge >= 0.3 is 0 Å². The second-order valence-corrected chi connectivity index (χ2v) is 5.72. The van der Waals surface area contributed by atoms with Gasteiger partial charge in [0.15, 0.2) is 0 Å². The molecule has 1 aromatic carbocycles. The van der Waals surface area contributed by atoms with Crippen LogP contribution in [0.15, 0.2) is 18.2 Å². The van der Waals surface area contributed by atoms with Crippen molar-refractivity contribution in [3.63, 3.8) is 0 Å². The Morgan fingerprint density at radius 1 is 1.17 bits per heavy atom. The summed E-state index contributed by atoms with van der Waals surface area (Å²) in [6.07, 6.45) is 0. The van der Waals surface area contributed by atoms with Crippen LogP contribution in [0.25, 0.3) is 0 Å². The normalized spacial score (nSPS) is 18.1. The fourth-order valence-corrected chi connectivity index (χ4v) is 3.28. The molecule has 18 heavy (non-hydrogen) atoms. The molecular formula is C13H17ClN2OS. The molecule has 98 valence electrons. The second kappa shape index (κ2) is 5.95. The van der Waals surface area contributed by atoms with Crippen LogP contribution < -0.4 is 5.32 Å². The van der Waals surface area contributed by atoms with Crippen molar-refractivity contribution in [2.24, 2.45) is 0 Å². The number of amides is 1. The van der Waals surface area contributed by atoms with Crippen LogP contribution in [0.1, 0.15) is 21.5 Å². The van der Waals surface area contributed by atoms with Gasteiger partial charge in [0.1, 0.15) is 0 Å². The number of thioether (sulfide) groups is 1. The molecule has 3 rings (SSSR count). The summed E-state index contributed by atoms with van der Waals surface area (Å²) in [7, 11) is 0. The van der Waals surface area contributed by atoms with E-state index in [9.17, 15) is 4.79 Å². The molecule has 0 saturated carbocycles. The first-order valence-electron chi connectivity index (χ1n) is 6.04. The molecule has 2 aliphatic rings. The van der Waals surface area contributed by atoms with Gasteiger partial charge in [-0.25, -0.2) is 0 Å². The van der Waals surface area contributed by atoms with Crippen molar-refractivity contribution in [1.29, 1.82) is 0 Å². The third-order valence-electron chi connectivity index (χ3n) is 3.38. The molecule has 0 aromatic heterocycles. The average Bonchev–Trinajstić information content (AvgIpc) is 2.86. The first-order chi connectivity index (χ1) is 8.34. The topological polar surface area (TPSA) is 32.3 Å². The summed E-state index contributed by atoms with van der Waals surface area (Å²) >= 11 is 1.93. The zero-order chi connectivity index (χ0) is 11.7. The number of carbonyl (C=O) groups is 1. The SMILES string of the molecule is Cl.O=C(c1ccc2c(c1)CNC2)N1CCSCC1. The Bertz CT molecular complexity index is 447. The molecule has 1 amide bonds. The Kier molecular flexibility index (Phi) is 4.54. The van der Waals surface area contributed by atoms with Crippen LogP contribution in [-0.2, 0) is 13.1 Å². The molecule has 0 unspecified atom stereocenters. The predicted molar refractivity (Wildman–Crippen MR) is 77.5 cm³/mol. The highest BCUT2D eigenvalue weighted by atomic mass is 35.5. The summed E-state index contributed by atoms with van der Waals surface area (Å²) in [5, 5.41) is 3.31. The first kappa shape index (κ1) is 13.7. The Balaban J connectivity index is 0.00000120. The molecule has 0 radical (unpaired) electrons. The van der Waals surface area contributed by atoms with Crippen LogP contribution in [-0.4, -0.2) is 35.4 Å². The molecule has 1 fully saturated rings. The number of nitrogens with one attached hydrogen (secondary N) is 1. The van der Waals surface area contributed by atoms with E-state index in [1.165, 1.54) is 11.1 Å². The van der Waals surface area contributed by atoms with Crippen LogP contribution >= 0.6 is 24.2 Å². The summed E-state index contributed by atoms with van der Waals surface area (Å²) in [6.45, 7) is 3.61. The number of fused-ring (bicyclic) bond motifs is 1. The number of halogens is 1. The lowest BCUT2D eigenvalue weighted by atomic mass is 10.1. The lowest BCUT2D eigenvalue weighted by Gasteiger charge is -2.26. The van der Waals surface area contributed by atoms with Gasteiger partial charge in [-0.2, -0.15) is 11.8 Å². The lowest BCUT2D eigenvalue weighted by Crippen LogP contribution is -2.37. The maximum Gasteiger partial charge on any atom is 0.253 e. The quantitative estimate of drug-likeness (QED) is 0.855. The summed E-state index contributed by atoms with van der Waals surface area (Å²) < 4.78 is 0. The third kappa shape index (κ3) is 2.66. The largest absolute Gasteiger partial charge is 0.337 e. The highest BCUT2D eigenvalue weighted by Gasteiger charge is 2.20. The zero-order valence-corrected chi connectivity index (χ0v) is 11.8. The number of carbonyl (C=O) groups excluding carboxylic acids is 1. The molecule has 0 aliphatic carbocycles. The van der Waals surface area contributed by atoms with Crippen LogP contribution in [0.3, 0.4) is 0 Å². The van der Waals surface area contributed by atoms with E-state index in [2.05, 4.69) is 17.4 Å². The fraction of sp³-hybridized carbons (Fsp3) is 0.462. The molecule has 0 bridgehead atoms. The Morgan fingerprint density at radius 2 is 1.89 bits per heavy atom. The number of benzene rings is 1. The number of rotatable bonds is 1. The van der Waals surface area contributed by atoms with Gasteiger partial charge in [0.25, 0.3) is 5.91 Å². The van der Waals surface area contributed by atoms with Crippen LogP contribution in [0.4, 0.5) is 0 Å². The van der Waals surface area contributed by atoms with E-state index in [0.717, 1.165) is 43.2 Å². The molecule has 1 N–H and O–H groups in total. The Morgan fingerprint density at radius 3 is 2.67 bits per heavy atom. The molecule has 5 heteroatoms. The van der Waals surface area contributed by atoms with Gasteiger partial charge in [-0.3, -0.25) is 4.79 Å². The predicted octanol–water partition coefficient (Wildman–Crippen LogP) is 1.90. The van der Waals surface area contributed by atoms with Gasteiger partial charge in [-0.15, -0.1) is 12.4 Å². The van der Waals surface area contributed by atoms with Crippen LogP contribution in [0.5, 0.6) is 0 Å². The van der Waals surface area contributed by atoms with Gasteiger partial charge in [-0.05, 0) is 23.3 Å². The number of hydrogen-bond donors (Lipinski definition) is 1. The molecule has 1 saturated heterocycles. The number of nitrogens with zero attached hydrogens (tertiary/aromatic N) is 1. The first-order valence-corrected chi connectivity index (χ1v) is 7.19. The van der Waals surface area contributed by atoms with E-state index in [1.807, 2.05) is 22.7 Å². The van der Waals surface area contributed by atoms with E-state index in [-0.39, 0.29) is 18.3 Å². The van der Waals surface area contributed by atoms with Crippen molar-refractivity contribution in [1.82, 2.24) is 10.2 Å². The number of hydrogen-bond acceptors (Lipinski definition) is 3. The standard InChI is InChI=1S/C13H16N2OS.ClH/c16-13(15-3-5-17-6-4-15)10-1-2-11-8-14-9-12(11)7-10;/h1-2,7,14H,3-6,8-9H2;1H. The van der Waals surface area contributed by atoms with Crippen molar-refractivity contribution >= 4 is 30.1 Å². The zero-order valence-electron chi connectivity index (χ0n) is 10.1. The Hall–Kier alpha value is -0.710. The molecule has 1 aromatic rings. The van der Waals surface area contributed by atoms with Gasteiger partial charge in [0.2, 0.25) is 0 Å².